The molecule has 2 saturated heterocycles. The van der Waals surface area contributed by atoms with Crippen molar-refractivity contribution in [1.29, 1.82) is 0 Å². The highest BCUT2D eigenvalue weighted by Crippen LogP contribution is 2.32. The molecule has 7 heteroatoms. The number of hydrogen-bond acceptors (Lipinski definition) is 5. The zero-order valence-electron chi connectivity index (χ0n) is 18.0. The molecule has 3 aliphatic heterocycles. The molecule has 0 radical (unpaired) electrons. The summed E-state index contributed by atoms with van der Waals surface area (Å²) in [5.41, 5.74) is 2.58. The molecule has 0 bridgehead atoms. The van der Waals surface area contributed by atoms with E-state index in [1.807, 2.05) is 13.1 Å². The van der Waals surface area contributed by atoms with Crippen LogP contribution in [0, 0.1) is 0 Å². The molecule has 3 heterocycles. The van der Waals surface area contributed by atoms with Crippen LogP contribution in [-0.2, 0) is 17.7 Å². The summed E-state index contributed by atoms with van der Waals surface area (Å²) in [5.74, 6) is 2.60. The summed E-state index contributed by atoms with van der Waals surface area (Å²) < 4.78 is 17.0. The van der Waals surface area contributed by atoms with E-state index in [2.05, 4.69) is 62.6 Å². The summed E-state index contributed by atoms with van der Waals surface area (Å²) >= 11 is 0. The average molecular weight is 423 g/mol. The molecular weight excluding hydrogens is 392 g/mol. The topological polar surface area (TPSA) is 58.6 Å². The quantitative estimate of drug-likeness (QED) is 0.589. The molecule has 0 saturated carbocycles. The lowest BCUT2D eigenvalue weighted by molar-refractivity contribution is -0.0502. The number of aliphatic imine (C=N–C) groups is 1. The fourth-order valence-corrected chi connectivity index (χ4v) is 4.69. The van der Waals surface area contributed by atoms with Gasteiger partial charge < -0.3 is 24.4 Å². The minimum absolute atomic E-state index is 0.227. The lowest BCUT2D eigenvalue weighted by Crippen LogP contribution is -2.50. The van der Waals surface area contributed by atoms with Crippen molar-refractivity contribution in [3.05, 3.63) is 59.7 Å². The first-order valence-electron chi connectivity index (χ1n) is 11.0. The highest BCUT2D eigenvalue weighted by atomic mass is 16.7. The van der Waals surface area contributed by atoms with Crippen LogP contribution >= 0.6 is 0 Å². The van der Waals surface area contributed by atoms with Crippen molar-refractivity contribution in [3.63, 3.8) is 0 Å². The molecule has 2 aromatic rings. The van der Waals surface area contributed by atoms with Crippen LogP contribution in [0.3, 0.4) is 0 Å². The van der Waals surface area contributed by atoms with E-state index in [4.69, 9.17) is 14.2 Å². The average Bonchev–Trinajstić information content (AvgIpc) is 3.44. The molecule has 2 fully saturated rings. The van der Waals surface area contributed by atoms with Gasteiger partial charge in [0.2, 0.25) is 6.79 Å². The summed E-state index contributed by atoms with van der Waals surface area (Å²) in [7, 11) is 1.85. The van der Waals surface area contributed by atoms with E-state index in [0.29, 0.717) is 12.8 Å². The Labute approximate surface area is 183 Å². The molecule has 0 aromatic heterocycles. The van der Waals surface area contributed by atoms with Gasteiger partial charge in [-0.05, 0) is 29.7 Å². The fraction of sp³-hybridized carbons (Fsp3) is 0.458. The normalized spacial score (nSPS) is 23.1. The van der Waals surface area contributed by atoms with Gasteiger partial charge in [-0.15, -0.1) is 0 Å². The van der Waals surface area contributed by atoms with E-state index >= 15 is 0 Å². The van der Waals surface area contributed by atoms with Gasteiger partial charge in [0.1, 0.15) is 0 Å². The Kier molecular flexibility index (Phi) is 5.95. The predicted molar refractivity (Wildman–Crippen MR) is 120 cm³/mol. The van der Waals surface area contributed by atoms with Crippen molar-refractivity contribution in [2.75, 3.05) is 46.6 Å². The first kappa shape index (κ1) is 20.2. The van der Waals surface area contributed by atoms with Gasteiger partial charge in [0.05, 0.1) is 18.8 Å². The van der Waals surface area contributed by atoms with E-state index in [1.54, 1.807) is 0 Å². The maximum absolute atomic E-state index is 6.12. The summed E-state index contributed by atoms with van der Waals surface area (Å²) in [6, 6.07) is 17.2. The molecule has 0 aliphatic carbocycles. The molecule has 31 heavy (non-hydrogen) atoms. The number of benzene rings is 2. The predicted octanol–water partition coefficient (Wildman–Crippen LogP) is 2.12. The van der Waals surface area contributed by atoms with E-state index in [1.165, 1.54) is 11.1 Å². The zero-order valence-corrected chi connectivity index (χ0v) is 18.0. The SMILES string of the molecule is CN=C(NCCc1ccc2c(c1)OCO2)N1CC2OCCN(Cc3ccccc3)C2C1. The Hall–Kier alpha value is -2.77. The third kappa shape index (κ3) is 4.48. The Morgan fingerprint density at radius 2 is 1.94 bits per heavy atom. The molecule has 0 spiro atoms. The number of hydrogen-bond donors (Lipinski definition) is 1. The van der Waals surface area contributed by atoms with Crippen LogP contribution in [0.1, 0.15) is 11.1 Å². The lowest BCUT2D eigenvalue weighted by atomic mass is 10.1. The summed E-state index contributed by atoms with van der Waals surface area (Å²) in [5, 5.41) is 3.53. The Morgan fingerprint density at radius 3 is 2.81 bits per heavy atom. The van der Waals surface area contributed by atoms with E-state index < -0.39 is 0 Å². The molecule has 1 N–H and O–H groups in total. The third-order valence-electron chi connectivity index (χ3n) is 6.29. The van der Waals surface area contributed by atoms with Crippen LogP contribution < -0.4 is 14.8 Å². The van der Waals surface area contributed by atoms with Crippen LogP contribution in [0.25, 0.3) is 0 Å². The molecule has 2 atom stereocenters. The first-order valence-corrected chi connectivity index (χ1v) is 11.0. The van der Waals surface area contributed by atoms with Gasteiger partial charge in [-0.3, -0.25) is 9.89 Å². The maximum atomic E-state index is 6.12. The number of guanidine groups is 1. The highest BCUT2D eigenvalue weighted by Gasteiger charge is 2.41. The van der Waals surface area contributed by atoms with E-state index in [-0.39, 0.29) is 6.10 Å². The minimum Gasteiger partial charge on any atom is -0.454 e. The van der Waals surface area contributed by atoms with Crippen LogP contribution in [-0.4, -0.2) is 74.5 Å². The lowest BCUT2D eigenvalue weighted by Gasteiger charge is -2.36. The molecule has 164 valence electrons. The summed E-state index contributed by atoms with van der Waals surface area (Å²) in [6.45, 7) is 5.66. The minimum atomic E-state index is 0.227. The van der Waals surface area contributed by atoms with Crippen molar-refractivity contribution < 1.29 is 14.2 Å². The van der Waals surface area contributed by atoms with Gasteiger partial charge in [-0.25, -0.2) is 0 Å². The number of likely N-dealkylation sites (tertiary alicyclic amines) is 1. The number of fused-ring (bicyclic) bond motifs is 2. The van der Waals surface area contributed by atoms with Crippen molar-refractivity contribution in [2.45, 2.75) is 25.1 Å². The number of morpholine rings is 1. The molecular formula is C24H30N4O3. The third-order valence-corrected chi connectivity index (χ3v) is 6.29. The van der Waals surface area contributed by atoms with Crippen LogP contribution in [0.15, 0.2) is 53.5 Å². The number of ether oxygens (including phenoxy) is 3. The van der Waals surface area contributed by atoms with Gasteiger partial charge in [-0.2, -0.15) is 0 Å². The largest absolute Gasteiger partial charge is 0.454 e. The Balaban J connectivity index is 1.17. The van der Waals surface area contributed by atoms with Gasteiger partial charge >= 0.3 is 0 Å². The van der Waals surface area contributed by atoms with E-state index in [9.17, 15) is 0 Å². The molecule has 2 unspecified atom stereocenters. The van der Waals surface area contributed by atoms with Gasteiger partial charge in [-0.1, -0.05) is 36.4 Å². The Morgan fingerprint density at radius 1 is 1.06 bits per heavy atom. The van der Waals surface area contributed by atoms with Crippen molar-refractivity contribution in [2.24, 2.45) is 4.99 Å². The summed E-state index contributed by atoms with van der Waals surface area (Å²) in [6.07, 6.45) is 1.12. The van der Waals surface area contributed by atoms with Crippen LogP contribution in [0.5, 0.6) is 11.5 Å². The maximum Gasteiger partial charge on any atom is 0.231 e. The smallest absolute Gasteiger partial charge is 0.231 e. The van der Waals surface area contributed by atoms with Crippen molar-refractivity contribution in [1.82, 2.24) is 15.1 Å². The first-order chi connectivity index (χ1) is 15.3. The second-order valence-corrected chi connectivity index (χ2v) is 8.25. The van der Waals surface area contributed by atoms with Crippen molar-refractivity contribution in [3.8, 4) is 11.5 Å². The molecule has 3 aliphatic rings. The van der Waals surface area contributed by atoms with Crippen molar-refractivity contribution >= 4 is 5.96 Å². The summed E-state index contributed by atoms with van der Waals surface area (Å²) in [4.78, 5) is 9.43. The van der Waals surface area contributed by atoms with Gasteiger partial charge in [0.15, 0.2) is 17.5 Å². The van der Waals surface area contributed by atoms with Gasteiger partial charge in [0.25, 0.3) is 0 Å². The zero-order chi connectivity index (χ0) is 21.0. The molecule has 5 rings (SSSR count). The van der Waals surface area contributed by atoms with E-state index in [0.717, 1.165) is 63.2 Å². The fourth-order valence-electron chi connectivity index (χ4n) is 4.69. The number of rotatable bonds is 5. The molecule has 2 aromatic carbocycles. The number of nitrogens with zero attached hydrogens (tertiary/aromatic N) is 3. The molecule has 7 nitrogen and oxygen atoms in total. The second kappa shape index (κ2) is 9.16. The number of nitrogens with one attached hydrogen (secondary N) is 1. The molecule has 0 amide bonds. The van der Waals surface area contributed by atoms with Crippen LogP contribution in [0.4, 0.5) is 0 Å². The second-order valence-electron chi connectivity index (χ2n) is 8.25. The van der Waals surface area contributed by atoms with Gasteiger partial charge in [0, 0.05) is 39.8 Å². The highest BCUT2D eigenvalue weighted by molar-refractivity contribution is 5.80. The monoisotopic (exact) mass is 422 g/mol. The van der Waals surface area contributed by atoms with Crippen LogP contribution in [0.2, 0.25) is 0 Å². The standard InChI is InChI=1S/C24H30N4O3/c1-25-24(26-10-9-18-7-8-21-22(13-18)31-17-30-21)28-15-20-23(16-28)29-12-11-27(20)14-19-5-3-2-4-6-19/h2-8,13,20,23H,9-12,14-17H2,1H3,(H,25,26). The Bertz CT molecular complexity index is 920.